The summed E-state index contributed by atoms with van der Waals surface area (Å²) in [5.41, 5.74) is 3.50. The van der Waals surface area contributed by atoms with E-state index in [9.17, 15) is 9.59 Å². The lowest BCUT2D eigenvalue weighted by Gasteiger charge is -2.18. The highest BCUT2D eigenvalue weighted by Gasteiger charge is 2.19. The van der Waals surface area contributed by atoms with Crippen LogP contribution in [0.1, 0.15) is 21.7 Å². The first kappa shape index (κ1) is 16.8. The van der Waals surface area contributed by atoms with Crippen molar-refractivity contribution in [2.75, 3.05) is 17.2 Å². The van der Waals surface area contributed by atoms with E-state index in [4.69, 9.17) is 4.74 Å². The first-order valence-electron chi connectivity index (χ1n) is 8.51. The molecule has 0 unspecified atom stereocenters. The molecule has 3 aromatic rings. The van der Waals surface area contributed by atoms with Crippen molar-refractivity contribution in [2.24, 2.45) is 0 Å². The standard InChI is InChI=1S/C20H18N4O3/c1-12-9-15(13(2)24(12)18-5-3-4-8-21-18)20(26)22-14-6-7-16-17(10-14)27-11-19(25)23-16/h3-10H,11H2,1-2H3,(H,22,26)(H,23,25). The Hall–Kier alpha value is -3.61. The molecule has 2 N–H and O–H groups in total. The second-order valence-corrected chi connectivity index (χ2v) is 6.31. The van der Waals surface area contributed by atoms with E-state index < -0.39 is 0 Å². The van der Waals surface area contributed by atoms with Gasteiger partial charge in [0.25, 0.3) is 11.8 Å². The summed E-state index contributed by atoms with van der Waals surface area (Å²) < 4.78 is 7.34. The minimum Gasteiger partial charge on any atom is -0.482 e. The molecule has 2 aromatic heterocycles. The number of amides is 2. The first-order valence-corrected chi connectivity index (χ1v) is 8.51. The summed E-state index contributed by atoms with van der Waals surface area (Å²) in [6.45, 7) is 3.80. The van der Waals surface area contributed by atoms with Crippen molar-refractivity contribution in [2.45, 2.75) is 13.8 Å². The maximum atomic E-state index is 12.8. The molecule has 0 radical (unpaired) electrons. The van der Waals surface area contributed by atoms with Gasteiger partial charge in [-0.15, -0.1) is 0 Å². The second kappa shape index (κ2) is 6.60. The van der Waals surface area contributed by atoms with E-state index in [2.05, 4.69) is 15.6 Å². The van der Waals surface area contributed by atoms with E-state index in [0.29, 0.717) is 22.7 Å². The molecule has 0 fully saturated rings. The Kier molecular flexibility index (Phi) is 4.12. The van der Waals surface area contributed by atoms with Gasteiger partial charge in [0.05, 0.1) is 11.3 Å². The largest absolute Gasteiger partial charge is 0.482 e. The average molecular weight is 362 g/mol. The zero-order chi connectivity index (χ0) is 19.0. The Bertz CT molecular complexity index is 1040. The molecule has 1 aromatic carbocycles. The molecule has 0 bridgehead atoms. The first-order chi connectivity index (χ1) is 13.0. The van der Waals surface area contributed by atoms with Crippen molar-refractivity contribution < 1.29 is 14.3 Å². The summed E-state index contributed by atoms with van der Waals surface area (Å²) in [5.74, 6) is 0.891. The van der Waals surface area contributed by atoms with Crippen LogP contribution in [0.25, 0.3) is 5.82 Å². The lowest BCUT2D eigenvalue weighted by Crippen LogP contribution is -2.25. The third-order valence-corrected chi connectivity index (χ3v) is 4.43. The fraction of sp³-hybridized carbons (Fsp3) is 0.150. The number of carbonyl (C=O) groups is 2. The molecule has 0 aliphatic carbocycles. The van der Waals surface area contributed by atoms with Gasteiger partial charge in [0.15, 0.2) is 6.61 Å². The third kappa shape index (κ3) is 3.15. The molecule has 7 heteroatoms. The highest BCUT2D eigenvalue weighted by atomic mass is 16.5. The predicted octanol–water partition coefficient (Wildman–Crippen LogP) is 3.07. The Morgan fingerprint density at radius 3 is 2.85 bits per heavy atom. The number of rotatable bonds is 3. The molecule has 27 heavy (non-hydrogen) atoms. The number of hydrogen-bond acceptors (Lipinski definition) is 4. The van der Waals surface area contributed by atoms with Gasteiger partial charge in [-0.1, -0.05) is 6.07 Å². The number of nitrogens with zero attached hydrogens (tertiary/aromatic N) is 2. The minimum atomic E-state index is -0.218. The van der Waals surface area contributed by atoms with Gasteiger partial charge in [-0.25, -0.2) is 4.98 Å². The van der Waals surface area contributed by atoms with E-state index in [1.54, 1.807) is 24.4 Å². The summed E-state index contributed by atoms with van der Waals surface area (Å²) in [5, 5.41) is 5.61. The average Bonchev–Trinajstić information content (AvgIpc) is 2.97. The van der Waals surface area contributed by atoms with Crippen molar-refractivity contribution >= 4 is 23.2 Å². The number of carbonyl (C=O) groups excluding carboxylic acids is 2. The van der Waals surface area contributed by atoms with Crippen LogP contribution in [0.3, 0.4) is 0 Å². The van der Waals surface area contributed by atoms with Gasteiger partial charge in [0.2, 0.25) is 0 Å². The number of ether oxygens (including phenoxy) is 1. The molecule has 136 valence electrons. The Labute approximate surface area is 156 Å². The zero-order valence-electron chi connectivity index (χ0n) is 14.9. The lowest BCUT2D eigenvalue weighted by atomic mass is 10.2. The summed E-state index contributed by atoms with van der Waals surface area (Å²) in [4.78, 5) is 28.5. The molecule has 0 saturated heterocycles. The van der Waals surface area contributed by atoms with Gasteiger partial charge in [0.1, 0.15) is 11.6 Å². The van der Waals surface area contributed by atoms with Gasteiger partial charge in [-0.05, 0) is 44.2 Å². The summed E-state index contributed by atoms with van der Waals surface area (Å²) in [7, 11) is 0. The lowest BCUT2D eigenvalue weighted by molar-refractivity contribution is -0.118. The quantitative estimate of drug-likeness (QED) is 0.750. The fourth-order valence-corrected chi connectivity index (χ4v) is 3.18. The number of pyridine rings is 1. The molecular weight excluding hydrogens is 344 g/mol. The van der Waals surface area contributed by atoms with E-state index in [-0.39, 0.29) is 18.4 Å². The second-order valence-electron chi connectivity index (χ2n) is 6.31. The monoisotopic (exact) mass is 362 g/mol. The zero-order valence-corrected chi connectivity index (χ0v) is 14.9. The van der Waals surface area contributed by atoms with Crippen molar-refractivity contribution in [1.29, 1.82) is 0 Å². The van der Waals surface area contributed by atoms with Crippen LogP contribution in [0.2, 0.25) is 0 Å². The topological polar surface area (TPSA) is 85.2 Å². The highest BCUT2D eigenvalue weighted by Crippen LogP contribution is 2.31. The molecule has 0 spiro atoms. The smallest absolute Gasteiger partial charge is 0.262 e. The number of benzene rings is 1. The molecule has 0 saturated carbocycles. The van der Waals surface area contributed by atoms with E-state index in [1.807, 2.05) is 42.7 Å². The molecule has 7 nitrogen and oxygen atoms in total. The van der Waals surface area contributed by atoms with E-state index in [0.717, 1.165) is 17.2 Å². The van der Waals surface area contributed by atoms with Crippen LogP contribution in [0, 0.1) is 13.8 Å². The maximum absolute atomic E-state index is 12.8. The fourth-order valence-electron chi connectivity index (χ4n) is 3.18. The van der Waals surface area contributed by atoms with Crippen molar-refractivity contribution in [3.63, 3.8) is 0 Å². The molecule has 0 atom stereocenters. The number of aromatic nitrogens is 2. The van der Waals surface area contributed by atoms with Crippen molar-refractivity contribution in [3.8, 4) is 11.6 Å². The molecule has 1 aliphatic heterocycles. The van der Waals surface area contributed by atoms with Crippen LogP contribution in [-0.4, -0.2) is 28.0 Å². The van der Waals surface area contributed by atoms with Gasteiger partial charge < -0.3 is 19.9 Å². The number of anilines is 2. The van der Waals surface area contributed by atoms with Crippen molar-refractivity contribution in [3.05, 3.63) is 65.6 Å². The number of nitrogens with one attached hydrogen (secondary N) is 2. The molecule has 2 amide bonds. The summed E-state index contributed by atoms with van der Waals surface area (Å²) in [6, 6.07) is 12.6. The molecular formula is C20H18N4O3. The maximum Gasteiger partial charge on any atom is 0.262 e. The van der Waals surface area contributed by atoms with Gasteiger partial charge in [-0.2, -0.15) is 0 Å². The van der Waals surface area contributed by atoms with Gasteiger partial charge in [0, 0.05) is 29.3 Å². The summed E-state index contributed by atoms with van der Waals surface area (Å²) in [6.07, 6.45) is 1.72. The van der Waals surface area contributed by atoms with Crippen LogP contribution in [0.15, 0.2) is 48.7 Å². The molecule has 3 heterocycles. The normalized spacial score (nSPS) is 12.7. The molecule has 4 rings (SSSR count). The van der Waals surface area contributed by atoms with Crippen molar-refractivity contribution in [1.82, 2.24) is 9.55 Å². The summed E-state index contributed by atoms with van der Waals surface area (Å²) >= 11 is 0. The van der Waals surface area contributed by atoms with Crippen LogP contribution in [0.4, 0.5) is 11.4 Å². The SMILES string of the molecule is Cc1cc(C(=O)Nc2ccc3c(c2)OCC(=O)N3)c(C)n1-c1ccccn1. The molecule has 1 aliphatic rings. The van der Waals surface area contributed by atoms with Gasteiger partial charge in [-0.3, -0.25) is 9.59 Å². The van der Waals surface area contributed by atoms with E-state index in [1.165, 1.54) is 0 Å². The third-order valence-electron chi connectivity index (χ3n) is 4.43. The van der Waals surface area contributed by atoms with Crippen LogP contribution in [0.5, 0.6) is 5.75 Å². The van der Waals surface area contributed by atoms with Gasteiger partial charge >= 0.3 is 0 Å². The Morgan fingerprint density at radius 1 is 1.22 bits per heavy atom. The van der Waals surface area contributed by atoms with Crippen LogP contribution < -0.4 is 15.4 Å². The van der Waals surface area contributed by atoms with E-state index >= 15 is 0 Å². The number of fused-ring (bicyclic) bond motifs is 1. The van der Waals surface area contributed by atoms with Crippen LogP contribution >= 0.6 is 0 Å². The highest BCUT2D eigenvalue weighted by molar-refractivity contribution is 6.06. The number of hydrogen-bond donors (Lipinski definition) is 2. The Morgan fingerprint density at radius 2 is 2.07 bits per heavy atom. The predicted molar refractivity (Wildman–Crippen MR) is 102 cm³/mol. The minimum absolute atomic E-state index is 0.0321. The Balaban J connectivity index is 1.60. The van der Waals surface area contributed by atoms with Crippen LogP contribution in [-0.2, 0) is 4.79 Å². The number of aryl methyl sites for hydroxylation is 1.